The zero-order valence-corrected chi connectivity index (χ0v) is 22.6. The van der Waals surface area contributed by atoms with Crippen molar-refractivity contribution in [2.75, 3.05) is 23.9 Å². The molecule has 0 heterocycles. The zero-order chi connectivity index (χ0) is 26.8. The van der Waals surface area contributed by atoms with E-state index >= 15 is 0 Å². The van der Waals surface area contributed by atoms with E-state index in [9.17, 15) is 18.0 Å². The van der Waals surface area contributed by atoms with Crippen LogP contribution in [0.4, 0.5) is 5.69 Å². The Balaban J connectivity index is 1.98. The van der Waals surface area contributed by atoms with Gasteiger partial charge in [0.05, 0.1) is 10.6 Å². The average molecular weight is 542 g/mol. The summed E-state index contributed by atoms with van der Waals surface area (Å²) in [5.41, 5.74) is 1.31. The Bertz CT molecular complexity index is 1270. The Morgan fingerprint density at radius 2 is 1.49 bits per heavy atom. The molecular formula is C28H32ClN3O4S. The lowest BCUT2D eigenvalue weighted by atomic mass is 10.1. The normalized spacial score (nSPS) is 12.0. The van der Waals surface area contributed by atoms with Crippen LogP contribution in [0.25, 0.3) is 0 Å². The predicted octanol–water partition coefficient (Wildman–Crippen LogP) is 4.52. The first-order chi connectivity index (χ1) is 17.8. The molecule has 3 aromatic rings. The molecule has 1 N–H and O–H groups in total. The molecule has 2 amide bonds. The van der Waals surface area contributed by atoms with Crippen LogP contribution < -0.4 is 9.62 Å². The summed E-state index contributed by atoms with van der Waals surface area (Å²) in [4.78, 5) is 28.3. The van der Waals surface area contributed by atoms with E-state index in [1.54, 1.807) is 42.5 Å². The maximum Gasteiger partial charge on any atom is 0.264 e. The monoisotopic (exact) mass is 541 g/mol. The van der Waals surface area contributed by atoms with Gasteiger partial charge in [0, 0.05) is 18.1 Å². The second-order valence-electron chi connectivity index (χ2n) is 8.44. The van der Waals surface area contributed by atoms with Gasteiger partial charge in [-0.05, 0) is 61.7 Å². The molecule has 0 aromatic heterocycles. The SMILES string of the molecule is CCNC(=O)[C@H](CC)N(CCc1ccccc1)C(=O)CN(c1ccc(Cl)cc1)S(=O)(=O)c1ccccc1. The number of rotatable bonds is 12. The Labute approximate surface area is 224 Å². The van der Waals surface area contributed by atoms with Crippen LogP contribution >= 0.6 is 11.6 Å². The Hall–Kier alpha value is -3.36. The highest BCUT2D eigenvalue weighted by molar-refractivity contribution is 7.92. The predicted molar refractivity (Wildman–Crippen MR) is 147 cm³/mol. The minimum absolute atomic E-state index is 0.0596. The molecule has 3 rings (SSSR count). The minimum Gasteiger partial charge on any atom is -0.355 e. The first-order valence-corrected chi connectivity index (χ1v) is 14.0. The van der Waals surface area contributed by atoms with Crippen molar-refractivity contribution in [3.8, 4) is 0 Å². The van der Waals surface area contributed by atoms with Crippen molar-refractivity contribution < 1.29 is 18.0 Å². The highest BCUT2D eigenvalue weighted by Gasteiger charge is 2.33. The number of carbonyl (C=O) groups is 2. The third-order valence-electron chi connectivity index (χ3n) is 5.95. The number of nitrogens with one attached hydrogen (secondary N) is 1. The quantitative estimate of drug-likeness (QED) is 0.365. The van der Waals surface area contributed by atoms with Gasteiger partial charge in [-0.15, -0.1) is 0 Å². The lowest BCUT2D eigenvalue weighted by Gasteiger charge is -2.33. The number of likely N-dealkylation sites (N-methyl/N-ethyl adjacent to an activating group) is 1. The fraction of sp³-hybridized carbons (Fsp3) is 0.286. The molecule has 0 bridgehead atoms. The molecule has 196 valence electrons. The lowest BCUT2D eigenvalue weighted by Crippen LogP contribution is -2.53. The smallest absolute Gasteiger partial charge is 0.264 e. The fourth-order valence-electron chi connectivity index (χ4n) is 4.04. The molecule has 37 heavy (non-hydrogen) atoms. The van der Waals surface area contributed by atoms with E-state index in [1.165, 1.54) is 17.0 Å². The third kappa shape index (κ3) is 7.33. The van der Waals surface area contributed by atoms with Gasteiger partial charge in [-0.3, -0.25) is 13.9 Å². The van der Waals surface area contributed by atoms with Crippen LogP contribution in [-0.4, -0.2) is 50.8 Å². The first-order valence-electron chi connectivity index (χ1n) is 12.2. The van der Waals surface area contributed by atoms with E-state index in [1.807, 2.05) is 44.2 Å². The average Bonchev–Trinajstić information content (AvgIpc) is 2.91. The van der Waals surface area contributed by atoms with Crippen molar-refractivity contribution in [2.45, 2.75) is 37.6 Å². The number of anilines is 1. The molecule has 0 aliphatic carbocycles. The summed E-state index contributed by atoms with van der Waals surface area (Å²) < 4.78 is 28.4. The number of sulfonamides is 1. The Kier molecular flexibility index (Phi) is 10.1. The maximum atomic E-state index is 13.8. The molecule has 0 aliphatic rings. The topological polar surface area (TPSA) is 86.8 Å². The number of hydrogen-bond acceptors (Lipinski definition) is 4. The van der Waals surface area contributed by atoms with Crippen molar-refractivity contribution in [3.05, 3.63) is 95.5 Å². The molecule has 7 nitrogen and oxygen atoms in total. The number of benzene rings is 3. The Morgan fingerprint density at radius 3 is 2.05 bits per heavy atom. The van der Waals surface area contributed by atoms with Gasteiger partial charge in [0.15, 0.2) is 0 Å². The molecule has 0 aliphatic heterocycles. The molecule has 0 spiro atoms. The molecule has 0 unspecified atom stereocenters. The lowest BCUT2D eigenvalue weighted by molar-refractivity contribution is -0.139. The van der Waals surface area contributed by atoms with Gasteiger partial charge in [-0.25, -0.2) is 8.42 Å². The van der Waals surface area contributed by atoms with Crippen LogP contribution in [0.5, 0.6) is 0 Å². The standard InChI is InChI=1S/C28H32ClN3O4S/c1-3-26(28(34)30-4-2)31(20-19-22-11-7-5-8-12-22)27(33)21-32(24-17-15-23(29)16-18-24)37(35,36)25-13-9-6-10-14-25/h5-18,26H,3-4,19-21H2,1-2H3,(H,30,34)/t26-/m0/s1. The largest absolute Gasteiger partial charge is 0.355 e. The van der Waals surface area contributed by atoms with Gasteiger partial charge in [0.1, 0.15) is 12.6 Å². The van der Waals surface area contributed by atoms with Gasteiger partial charge in [-0.2, -0.15) is 0 Å². The number of amides is 2. The van der Waals surface area contributed by atoms with Crippen molar-refractivity contribution in [1.29, 1.82) is 0 Å². The summed E-state index contributed by atoms with van der Waals surface area (Å²) in [5, 5.41) is 3.24. The van der Waals surface area contributed by atoms with Crippen molar-refractivity contribution >= 4 is 39.1 Å². The second kappa shape index (κ2) is 13.3. The summed E-state index contributed by atoms with van der Waals surface area (Å²) in [6.07, 6.45) is 0.910. The maximum absolute atomic E-state index is 13.8. The molecule has 0 saturated heterocycles. The number of halogens is 1. The second-order valence-corrected chi connectivity index (χ2v) is 10.7. The summed E-state index contributed by atoms with van der Waals surface area (Å²) in [5.74, 6) is -0.737. The van der Waals surface area contributed by atoms with Crippen LogP contribution in [0.3, 0.4) is 0 Å². The van der Waals surface area contributed by atoms with Crippen LogP contribution in [-0.2, 0) is 26.0 Å². The van der Waals surface area contributed by atoms with E-state index < -0.39 is 28.5 Å². The van der Waals surface area contributed by atoms with Crippen molar-refractivity contribution in [2.24, 2.45) is 0 Å². The molecular weight excluding hydrogens is 510 g/mol. The van der Waals surface area contributed by atoms with Crippen LogP contribution in [0.15, 0.2) is 89.8 Å². The van der Waals surface area contributed by atoms with Gasteiger partial charge in [0.2, 0.25) is 11.8 Å². The van der Waals surface area contributed by atoms with E-state index in [0.29, 0.717) is 30.1 Å². The van der Waals surface area contributed by atoms with Gasteiger partial charge in [-0.1, -0.05) is 67.1 Å². The summed E-state index contributed by atoms with van der Waals surface area (Å²) in [6, 6.07) is 23.1. The third-order valence-corrected chi connectivity index (χ3v) is 7.99. The van der Waals surface area contributed by atoms with Crippen LogP contribution in [0.2, 0.25) is 5.02 Å². The fourth-order valence-corrected chi connectivity index (χ4v) is 5.60. The molecule has 1 atom stereocenters. The van der Waals surface area contributed by atoms with Gasteiger partial charge in [0.25, 0.3) is 10.0 Å². The number of hydrogen-bond donors (Lipinski definition) is 1. The van der Waals surface area contributed by atoms with E-state index in [2.05, 4.69) is 5.32 Å². The Morgan fingerprint density at radius 1 is 0.892 bits per heavy atom. The summed E-state index contributed by atoms with van der Waals surface area (Å²) in [6.45, 7) is 3.87. The van der Waals surface area contributed by atoms with Crippen molar-refractivity contribution in [3.63, 3.8) is 0 Å². The van der Waals surface area contributed by atoms with E-state index in [-0.39, 0.29) is 17.3 Å². The zero-order valence-electron chi connectivity index (χ0n) is 21.0. The highest BCUT2D eigenvalue weighted by atomic mass is 35.5. The highest BCUT2D eigenvalue weighted by Crippen LogP contribution is 2.26. The number of nitrogens with zero attached hydrogens (tertiary/aromatic N) is 2. The molecule has 9 heteroatoms. The molecule has 0 radical (unpaired) electrons. The first kappa shape index (κ1) is 28.2. The van der Waals surface area contributed by atoms with Gasteiger partial charge < -0.3 is 10.2 Å². The molecule has 0 saturated carbocycles. The van der Waals surface area contributed by atoms with Crippen LogP contribution in [0, 0.1) is 0 Å². The summed E-state index contributed by atoms with van der Waals surface area (Å²) in [7, 11) is -4.08. The molecule has 3 aromatic carbocycles. The minimum atomic E-state index is -4.08. The van der Waals surface area contributed by atoms with E-state index in [4.69, 9.17) is 11.6 Å². The van der Waals surface area contributed by atoms with E-state index in [0.717, 1.165) is 9.87 Å². The molecule has 0 fully saturated rings. The van der Waals surface area contributed by atoms with Crippen LogP contribution in [0.1, 0.15) is 25.8 Å². The van der Waals surface area contributed by atoms with Crippen molar-refractivity contribution in [1.82, 2.24) is 10.2 Å². The summed E-state index contributed by atoms with van der Waals surface area (Å²) >= 11 is 6.04. The van der Waals surface area contributed by atoms with Gasteiger partial charge >= 0.3 is 0 Å². The number of carbonyl (C=O) groups excluding carboxylic acids is 2.